The predicted octanol–water partition coefficient (Wildman–Crippen LogP) is -0.380. The van der Waals surface area contributed by atoms with E-state index >= 15 is 0 Å². The van der Waals surface area contributed by atoms with E-state index in [4.69, 9.17) is 5.73 Å². The molecule has 0 unspecified atom stereocenters. The molecule has 5 nitrogen and oxygen atoms in total. The lowest BCUT2D eigenvalue weighted by Crippen LogP contribution is -2.31. The van der Waals surface area contributed by atoms with Crippen molar-refractivity contribution in [2.75, 3.05) is 6.54 Å². The topological polar surface area (TPSA) is 83.8 Å². The Hall–Kier alpha value is -1.52. The standard InChI is InChI=1S/C6H10N4O/c7-6(11)10-2-1-5-8-3-4-9-5/h3-4H,1-2H2,(H,8,9)(H3,7,10,11). The summed E-state index contributed by atoms with van der Waals surface area (Å²) in [4.78, 5) is 17.1. The first-order valence-corrected chi connectivity index (χ1v) is 3.30. The Morgan fingerprint density at radius 2 is 2.64 bits per heavy atom. The van der Waals surface area contributed by atoms with Gasteiger partial charge in [-0.15, -0.1) is 0 Å². The Bertz CT molecular complexity index is 218. The molecule has 1 aromatic rings. The summed E-state index contributed by atoms with van der Waals surface area (Å²) in [5.41, 5.74) is 4.85. The Kier molecular flexibility index (Phi) is 2.48. The zero-order chi connectivity index (χ0) is 8.10. The van der Waals surface area contributed by atoms with Crippen molar-refractivity contribution in [3.8, 4) is 0 Å². The molecule has 0 aromatic carbocycles. The van der Waals surface area contributed by atoms with Crippen molar-refractivity contribution < 1.29 is 4.79 Å². The van der Waals surface area contributed by atoms with Crippen LogP contribution in [0.3, 0.4) is 0 Å². The van der Waals surface area contributed by atoms with E-state index in [1.807, 2.05) is 0 Å². The Morgan fingerprint density at radius 1 is 1.82 bits per heavy atom. The second-order valence-corrected chi connectivity index (χ2v) is 2.08. The number of carbonyl (C=O) groups is 1. The van der Waals surface area contributed by atoms with E-state index in [1.165, 1.54) is 0 Å². The van der Waals surface area contributed by atoms with Gasteiger partial charge in [-0.05, 0) is 0 Å². The quantitative estimate of drug-likeness (QED) is 0.554. The molecule has 1 rings (SSSR count). The number of aromatic nitrogens is 2. The highest BCUT2D eigenvalue weighted by atomic mass is 16.2. The van der Waals surface area contributed by atoms with Crippen molar-refractivity contribution >= 4 is 6.03 Å². The lowest BCUT2D eigenvalue weighted by molar-refractivity contribution is 0.249. The highest BCUT2D eigenvalue weighted by Crippen LogP contribution is 1.87. The molecule has 0 atom stereocenters. The normalized spacial score (nSPS) is 9.45. The monoisotopic (exact) mass is 154 g/mol. The Labute approximate surface area is 64.0 Å². The Balaban J connectivity index is 2.19. The van der Waals surface area contributed by atoms with Crippen LogP contribution < -0.4 is 11.1 Å². The van der Waals surface area contributed by atoms with Gasteiger partial charge in [-0.3, -0.25) is 0 Å². The van der Waals surface area contributed by atoms with E-state index in [9.17, 15) is 4.79 Å². The van der Waals surface area contributed by atoms with Gasteiger partial charge in [0.15, 0.2) is 0 Å². The minimum absolute atomic E-state index is 0.503. The molecular formula is C6H10N4O. The van der Waals surface area contributed by atoms with E-state index in [2.05, 4.69) is 15.3 Å². The second-order valence-electron chi connectivity index (χ2n) is 2.08. The number of nitrogens with zero attached hydrogens (tertiary/aromatic N) is 1. The summed E-state index contributed by atoms with van der Waals surface area (Å²) in [6.07, 6.45) is 4.08. The average molecular weight is 154 g/mol. The van der Waals surface area contributed by atoms with E-state index in [-0.39, 0.29) is 0 Å². The van der Waals surface area contributed by atoms with Gasteiger partial charge in [0.05, 0.1) is 0 Å². The number of primary amides is 1. The predicted molar refractivity (Wildman–Crippen MR) is 39.9 cm³/mol. The summed E-state index contributed by atoms with van der Waals surface area (Å²) < 4.78 is 0. The minimum atomic E-state index is -0.503. The molecule has 4 N–H and O–H groups in total. The molecule has 11 heavy (non-hydrogen) atoms. The first kappa shape index (κ1) is 7.59. The summed E-state index contributed by atoms with van der Waals surface area (Å²) >= 11 is 0. The van der Waals surface area contributed by atoms with Crippen molar-refractivity contribution in [2.45, 2.75) is 6.42 Å². The number of amides is 2. The van der Waals surface area contributed by atoms with Crippen LogP contribution in [0.5, 0.6) is 0 Å². The van der Waals surface area contributed by atoms with Crippen LogP contribution in [0.2, 0.25) is 0 Å². The zero-order valence-electron chi connectivity index (χ0n) is 6.00. The summed E-state index contributed by atoms with van der Waals surface area (Å²) in [6, 6.07) is -0.503. The van der Waals surface area contributed by atoms with Crippen LogP contribution in [-0.4, -0.2) is 22.5 Å². The maximum Gasteiger partial charge on any atom is 0.312 e. The summed E-state index contributed by atoms with van der Waals surface area (Å²) in [7, 11) is 0. The Morgan fingerprint density at radius 3 is 3.18 bits per heavy atom. The van der Waals surface area contributed by atoms with E-state index < -0.39 is 6.03 Å². The smallest absolute Gasteiger partial charge is 0.312 e. The van der Waals surface area contributed by atoms with Gasteiger partial charge in [0, 0.05) is 25.4 Å². The lowest BCUT2D eigenvalue weighted by Gasteiger charge is -1.97. The molecule has 0 bridgehead atoms. The van der Waals surface area contributed by atoms with Gasteiger partial charge < -0.3 is 16.0 Å². The second kappa shape index (κ2) is 3.60. The van der Waals surface area contributed by atoms with E-state index in [0.717, 1.165) is 5.82 Å². The number of nitrogens with two attached hydrogens (primary N) is 1. The van der Waals surface area contributed by atoms with Gasteiger partial charge in [0.2, 0.25) is 0 Å². The van der Waals surface area contributed by atoms with Crippen LogP contribution in [0.4, 0.5) is 4.79 Å². The van der Waals surface area contributed by atoms with Crippen molar-refractivity contribution in [3.05, 3.63) is 18.2 Å². The number of H-pyrrole nitrogens is 1. The number of hydrogen-bond acceptors (Lipinski definition) is 2. The van der Waals surface area contributed by atoms with Crippen LogP contribution in [0.1, 0.15) is 5.82 Å². The van der Waals surface area contributed by atoms with Gasteiger partial charge in [-0.25, -0.2) is 9.78 Å². The van der Waals surface area contributed by atoms with Gasteiger partial charge in [-0.1, -0.05) is 0 Å². The number of imidazole rings is 1. The molecule has 1 aromatic heterocycles. The van der Waals surface area contributed by atoms with Gasteiger partial charge in [0.25, 0.3) is 0 Å². The minimum Gasteiger partial charge on any atom is -0.352 e. The van der Waals surface area contributed by atoms with Gasteiger partial charge in [0.1, 0.15) is 5.82 Å². The first-order valence-electron chi connectivity index (χ1n) is 3.30. The molecule has 0 fully saturated rings. The van der Waals surface area contributed by atoms with Crippen LogP contribution in [0, 0.1) is 0 Å². The van der Waals surface area contributed by atoms with Crippen LogP contribution in [-0.2, 0) is 6.42 Å². The average Bonchev–Trinajstić information content (AvgIpc) is 2.39. The third kappa shape index (κ3) is 2.70. The maximum absolute atomic E-state index is 10.2. The fourth-order valence-electron chi connectivity index (χ4n) is 0.739. The number of nitrogens with one attached hydrogen (secondary N) is 2. The van der Waals surface area contributed by atoms with Crippen LogP contribution in [0.25, 0.3) is 0 Å². The molecule has 0 radical (unpaired) electrons. The number of hydrogen-bond donors (Lipinski definition) is 3. The number of carbonyl (C=O) groups excluding carboxylic acids is 1. The van der Waals surface area contributed by atoms with Gasteiger partial charge >= 0.3 is 6.03 Å². The first-order chi connectivity index (χ1) is 5.29. The fourth-order valence-corrected chi connectivity index (χ4v) is 0.739. The number of aromatic amines is 1. The van der Waals surface area contributed by atoms with Crippen molar-refractivity contribution in [1.29, 1.82) is 0 Å². The molecule has 0 saturated carbocycles. The van der Waals surface area contributed by atoms with Crippen molar-refractivity contribution in [2.24, 2.45) is 5.73 Å². The molecular weight excluding hydrogens is 144 g/mol. The fraction of sp³-hybridized carbons (Fsp3) is 0.333. The van der Waals surface area contributed by atoms with Gasteiger partial charge in [-0.2, -0.15) is 0 Å². The molecule has 0 aliphatic heterocycles. The van der Waals surface area contributed by atoms with Crippen molar-refractivity contribution in [3.63, 3.8) is 0 Å². The maximum atomic E-state index is 10.2. The lowest BCUT2D eigenvalue weighted by atomic mass is 10.4. The molecule has 60 valence electrons. The number of rotatable bonds is 3. The van der Waals surface area contributed by atoms with E-state index in [0.29, 0.717) is 13.0 Å². The molecule has 0 aliphatic rings. The summed E-state index contributed by atoms with van der Waals surface area (Å²) in [6.45, 7) is 0.517. The zero-order valence-corrected chi connectivity index (χ0v) is 6.00. The molecule has 0 saturated heterocycles. The third-order valence-electron chi connectivity index (χ3n) is 1.22. The summed E-state index contributed by atoms with van der Waals surface area (Å²) in [5.74, 6) is 0.846. The third-order valence-corrected chi connectivity index (χ3v) is 1.22. The van der Waals surface area contributed by atoms with Crippen LogP contribution in [0.15, 0.2) is 12.4 Å². The van der Waals surface area contributed by atoms with Crippen molar-refractivity contribution in [1.82, 2.24) is 15.3 Å². The molecule has 5 heteroatoms. The number of urea groups is 1. The molecule has 1 heterocycles. The highest BCUT2D eigenvalue weighted by Gasteiger charge is 1.94. The van der Waals surface area contributed by atoms with E-state index in [1.54, 1.807) is 12.4 Å². The largest absolute Gasteiger partial charge is 0.352 e. The summed E-state index contributed by atoms with van der Waals surface area (Å²) in [5, 5.41) is 2.46. The molecule has 2 amide bonds. The highest BCUT2D eigenvalue weighted by molar-refractivity contribution is 5.71. The molecule has 0 aliphatic carbocycles. The van der Waals surface area contributed by atoms with Crippen LogP contribution >= 0.6 is 0 Å². The SMILES string of the molecule is NC(=O)NCCc1ncc[nH]1. The molecule has 0 spiro atoms.